The van der Waals surface area contributed by atoms with E-state index in [0.29, 0.717) is 12.8 Å². The van der Waals surface area contributed by atoms with Gasteiger partial charge in [-0.1, -0.05) is 193 Å². The molecule has 1 atom stereocenters. The van der Waals surface area contributed by atoms with Crippen LogP contribution in [0.2, 0.25) is 0 Å². The lowest BCUT2D eigenvalue weighted by molar-refractivity contribution is -0.161. The molecule has 0 amide bonds. The summed E-state index contributed by atoms with van der Waals surface area (Å²) >= 11 is 0. The maximum atomic E-state index is 12.1. The Kier molecular flexibility index (Phi) is 38.9. The van der Waals surface area contributed by atoms with Crippen molar-refractivity contribution in [1.82, 2.24) is 0 Å². The number of carbonyl (C=O) groups is 2. The van der Waals surface area contributed by atoms with Gasteiger partial charge in [0.2, 0.25) is 0 Å². The fourth-order valence-electron chi connectivity index (χ4n) is 6.31. The van der Waals surface area contributed by atoms with Crippen LogP contribution in [0.1, 0.15) is 232 Å². The number of hydrogen-bond acceptors (Lipinski definition) is 5. The van der Waals surface area contributed by atoms with Crippen LogP contribution >= 0.6 is 0 Å². The molecule has 0 aliphatic rings. The molecule has 0 radical (unpaired) electrons. The number of hydrogen-bond donors (Lipinski definition) is 1. The van der Waals surface area contributed by atoms with Crippen LogP contribution in [0.25, 0.3) is 0 Å². The third-order valence-corrected chi connectivity index (χ3v) is 9.56. The molecule has 284 valence electrons. The van der Waals surface area contributed by atoms with E-state index >= 15 is 0 Å². The normalized spacial score (nSPS) is 12.1. The zero-order valence-corrected chi connectivity index (χ0v) is 32.3. The van der Waals surface area contributed by atoms with Gasteiger partial charge < -0.3 is 14.6 Å². The predicted octanol–water partition coefficient (Wildman–Crippen LogP) is 13.3. The molecule has 0 aliphatic heterocycles. The summed E-state index contributed by atoms with van der Waals surface area (Å²) in [5.41, 5.74) is 0. The van der Waals surface area contributed by atoms with Gasteiger partial charge in [0.15, 0.2) is 6.10 Å². The van der Waals surface area contributed by atoms with Gasteiger partial charge in [-0.05, 0) is 38.5 Å². The summed E-state index contributed by atoms with van der Waals surface area (Å²) in [6.45, 7) is 4.14. The van der Waals surface area contributed by atoms with Crippen LogP contribution in [0.3, 0.4) is 0 Å². The third-order valence-electron chi connectivity index (χ3n) is 9.56. The van der Waals surface area contributed by atoms with Crippen molar-refractivity contribution in [1.29, 1.82) is 0 Å². The number of aliphatic hydroxyl groups is 1. The van der Waals surface area contributed by atoms with Crippen molar-refractivity contribution < 1.29 is 24.2 Å². The summed E-state index contributed by atoms with van der Waals surface area (Å²) < 4.78 is 10.6. The molecule has 5 nitrogen and oxygen atoms in total. The fourth-order valence-corrected chi connectivity index (χ4v) is 6.31. The van der Waals surface area contributed by atoms with Gasteiger partial charge in [0.1, 0.15) is 6.61 Å². The van der Waals surface area contributed by atoms with Crippen molar-refractivity contribution in [3.63, 3.8) is 0 Å². The average Bonchev–Trinajstić information content (AvgIpc) is 3.09. The molecule has 48 heavy (non-hydrogen) atoms. The van der Waals surface area contributed by atoms with E-state index < -0.39 is 6.10 Å². The van der Waals surface area contributed by atoms with E-state index in [-0.39, 0.29) is 25.2 Å². The van der Waals surface area contributed by atoms with Crippen molar-refractivity contribution in [3.8, 4) is 0 Å². The average molecular weight is 679 g/mol. The minimum absolute atomic E-state index is 0.0630. The van der Waals surface area contributed by atoms with Gasteiger partial charge in [0.25, 0.3) is 0 Å². The number of aliphatic hydroxyl groups excluding tert-OH is 1. The van der Waals surface area contributed by atoms with Crippen LogP contribution in [0.15, 0.2) is 12.2 Å². The van der Waals surface area contributed by atoms with Crippen LogP contribution in [0, 0.1) is 0 Å². The molecule has 0 rings (SSSR count). The van der Waals surface area contributed by atoms with Gasteiger partial charge in [0.05, 0.1) is 6.61 Å². The predicted molar refractivity (Wildman–Crippen MR) is 205 cm³/mol. The van der Waals surface area contributed by atoms with Crippen LogP contribution in [-0.4, -0.2) is 36.4 Å². The summed E-state index contributed by atoms with van der Waals surface area (Å²) in [5.74, 6) is -0.589. The van der Waals surface area contributed by atoms with Gasteiger partial charge in [-0.25, -0.2) is 0 Å². The van der Waals surface area contributed by atoms with Gasteiger partial charge in [-0.2, -0.15) is 0 Å². The Balaban J connectivity index is 3.47. The Morgan fingerprint density at radius 2 is 0.771 bits per heavy atom. The molecule has 0 aliphatic carbocycles. The first-order chi connectivity index (χ1) is 23.6. The van der Waals surface area contributed by atoms with E-state index in [4.69, 9.17) is 9.47 Å². The molecule has 0 bridgehead atoms. The van der Waals surface area contributed by atoms with Gasteiger partial charge in [-0.3, -0.25) is 9.59 Å². The molecule has 0 fully saturated rings. The van der Waals surface area contributed by atoms with E-state index in [1.165, 1.54) is 167 Å². The number of allylic oxidation sites excluding steroid dienone is 2. The molecule has 0 aromatic carbocycles. The van der Waals surface area contributed by atoms with Crippen molar-refractivity contribution >= 4 is 11.9 Å². The van der Waals surface area contributed by atoms with Crippen LogP contribution in [-0.2, 0) is 19.1 Å². The highest BCUT2D eigenvalue weighted by Gasteiger charge is 2.16. The molecule has 0 saturated heterocycles. The molecular formula is C43H82O5. The quantitative estimate of drug-likeness (QED) is 0.0398. The van der Waals surface area contributed by atoms with Crippen molar-refractivity contribution in [2.75, 3.05) is 13.2 Å². The smallest absolute Gasteiger partial charge is 0.306 e. The fraction of sp³-hybridized carbons (Fsp3) is 0.907. The second kappa shape index (κ2) is 40.1. The minimum Gasteiger partial charge on any atom is -0.462 e. The lowest BCUT2D eigenvalue weighted by Crippen LogP contribution is -2.28. The van der Waals surface area contributed by atoms with Gasteiger partial charge in [-0.15, -0.1) is 0 Å². The van der Waals surface area contributed by atoms with Crippen LogP contribution in [0.4, 0.5) is 0 Å². The Labute approximate surface area is 299 Å². The molecule has 1 N–H and O–H groups in total. The van der Waals surface area contributed by atoms with Gasteiger partial charge in [0, 0.05) is 12.8 Å². The number of ether oxygens (including phenoxy) is 2. The molecule has 0 aromatic rings. The van der Waals surface area contributed by atoms with E-state index in [1.807, 2.05) is 0 Å². The SMILES string of the molecule is CCCCCC/C=C/CCCCCCCC(=O)O[C@@H](CO)COC(=O)CCCCCCCCCCCCCCCCCCCCCCC. The first kappa shape index (κ1) is 46.6. The number of unbranched alkanes of at least 4 members (excludes halogenated alkanes) is 29. The standard InChI is InChI=1S/C43H82O5/c1-3-5-7-9-11-13-15-17-18-19-20-21-22-23-24-26-27-29-31-33-35-37-42(45)47-40-41(39-44)48-43(46)38-36-34-32-30-28-25-16-14-12-10-8-6-4-2/h14,16,41,44H,3-13,15,17-40H2,1-2H3/b16-14+/t41-/m0/s1. The highest BCUT2D eigenvalue weighted by molar-refractivity contribution is 5.70. The van der Waals surface area contributed by atoms with Crippen molar-refractivity contribution in [2.24, 2.45) is 0 Å². The first-order valence-corrected chi connectivity index (χ1v) is 21.2. The highest BCUT2D eigenvalue weighted by Crippen LogP contribution is 2.16. The third kappa shape index (κ3) is 37.5. The summed E-state index contributed by atoms with van der Waals surface area (Å²) in [5, 5.41) is 9.55. The molecule has 0 heterocycles. The Bertz CT molecular complexity index is 691. The molecule has 0 saturated carbocycles. The Hall–Kier alpha value is -1.36. The summed E-state index contributed by atoms with van der Waals surface area (Å²) in [6.07, 6.45) is 45.7. The van der Waals surface area contributed by atoms with Crippen molar-refractivity contribution in [3.05, 3.63) is 12.2 Å². The van der Waals surface area contributed by atoms with E-state index in [1.54, 1.807) is 0 Å². The second-order valence-corrected chi connectivity index (χ2v) is 14.4. The number of carbonyl (C=O) groups excluding carboxylic acids is 2. The topological polar surface area (TPSA) is 72.8 Å². The van der Waals surface area contributed by atoms with E-state index in [9.17, 15) is 14.7 Å². The number of esters is 2. The summed E-state index contributed by atoms with van der Waals surface area (Å²) in [7, 11) is 0. The highest BCUT2D eigenvalue weighted by atomic mass is 16.6. The first-order valence-electron chi connectivity index (χ1n) is 21.2. The molecular weight excluding hydrogens is 596 g/mol. The zero-order valence-electron chi connectivity index (χ0n) is 32.3. The van der Waals surface area contributed by atoms with E-state index in [2.05, 4.69) is 26.0 Å². The van der Waals surface area contributed by atoms with Crippen LogP contribution in [0.5, 0.6) is 0 Å². The molecule has 0 spiro atoms. The van der Waals surface area contributed by atoms with E-state index in [0.717, 1.165) is 38.5 Å². The second-order valence-electron chi connectivity index (χ2n) is 14.4. The lowest BCUT2D eigenvalue weighted by atomic mass is 10.0. The summed E-state index contributed by atoms with van der Waals surface area (Å²) in [6, 6.07) is 0. The molecule has 0 unspecified atom stereocenters. The largest absolute Gasteiger partial charge is 0.462 e. The van der Waals surface area contributed by atoms with Gasteiger partial charge >= 0.3 is 11.9 Å². The Morgan fingerprint density at radius 1 is 0.458 bits per heavy atom. The molecule has 5 heteroatoms. The zero-order chi connectivity index (χ0) is 35.0. The maximum Gasteiger partial charge on any atom is 0.306 e. The lowest BCUT2D eigenvalue weighted by Gasteiger charge is -2.15. The van der Waals surface area contributed by atoms with Crippen LogP contribution < -0.4 is 0 Å². The monoisotopic (exact) mass is 679 g/mol. The number of rotatable bonds is 39. The minimum atomic E-state index is -0.769. The summed E-state index contributed by atoms with van der Waals surface area (Å²) in [4.78, 5) is 24.3. The molecule has 0 aromatic heterocycles. The maximum absolute atomic E-state index is 12.1. The van der Waals surface area contributed by atoms with Crippen molar-refractivity contribution in [2.45, 2.75) is 238 Å². The Morgan fingerprint density at radius 3 is 1.15 bits per heavy atom.